The van der Waals surface area contributed by atoms with Gasteiger partial charge < -0.3 is 24.2 Å². The summed E-state index contributed by atoms with van der Waals surface area (Å²) in [5.41, 5.74) is 1.25. The van der Waals surface area contributed by atoms with E-state index < -0.39 is 17.7 Å². The van der Waals surface area contributed by atoms with Crippen LogP contribution in [-0.2, 0) is 14.3 Å². The molecule has 7 nitrogen and oxygen atoms in total. The molecule has 2 fully saturated rings. The Morgan fingerprint density at radius 3 is 2.39 bits per heavy atom. The molecule has 2 saturated heterocycles. The van der Waals surface area contributed by atoms with Crippen molar-refractivity contribution >= 4 is 17.4 Å². The first-order valence-corrected chi connectivity index (χ1v) is 11.3. The van der Waals surface area contributed by atoms with E-state index in [1.54, 1.807) is 31.4 Å². The van der Waals surface area contributed by atoms with E-state index in [2.05, 4.69) is 0 Å². The zero-order chi connectivity index (χ0) is 23.4. The van der Waals surface area contributed by atoms with E-state index in [0.717, 1.165) is 24.8 Å². The fourth-order valence-corrected chi connectivity index (χ4v) is 4.29. The van der Waals surface area contributed by atoms with Crippen LogP contribution in [0.2, 0.25) is 0 Å². The number of carbonyl (C=O) groups excluding carboxylic acids is 2. The minimum atomic E-state index is -0.712. The minimum absolute atomic E-state index is 0.0744. The van der Waals surface area contributed by atoms with E-state index in [1.165, 1.54) is 4.90 Å². The lowest BCUT2D eigenvalue weighted by molar-refractivity contribution is -0.140. The van der Waals surface area contributed by atoms with Crippen molar-refractivity contribution < 1.29 is 28.9 Å². The molecule has 1 N–H and O–H groups in total. The maximum Gasteiger partial charge on any atom is 0.295 e. The number of hydrogen-bond donors (Lipinski definition) is 1. The third-order valence-corrected chi connectivity index (χ3v) is 6.00. The third kappa shape index (κ3) is 4.73. The van der Waals surface area contributed by atoms with Crippen LogP contribution in [0.4, 0.5) is 0 Å². The molecule has 2 aromatic rings. The molecule has 2 atom stereocenters. The van der Waals surface area contributed by atoms with Gasteiger partial charge in [0.15, 0.2) is 0 Å². The van der Waals surface area contributed by atoms with Crippen LogP contribution in [0.1, 0.15) is 43.4 Å². The van der Waals surface area contributed by atoms with E-state index in [1.807, 2.05) is 31.2 Å². The van der Waals surface area contributed by atoms with Gasteiger partial charge in [0.05, 0.1) is 31.4 Å². The highest BCUT2D eigenvalue weighted by Gasteiger charge is 2.47. The van der Waals surface area contributed by atoms with E-state index in [4.69, 9.17) is 14.2 Å². The summed E-state index contributed by atoms with van der Waals surface area (Å²) >= 11 is 0. The second-order valence-electron chi connectivity index (χ2n) is 8.23. The monoisotopic (exact) mass is 451 g/mol. The van der Waals surface area contributed by atoms with E-state index in [9.17, 15) is 14.7 Å². The second kappa shape index (κ2) is 10.1. The van der Waals surface area contributed by atoms with E-state index >= 15 is 0 Å². The first-order chi connectivity index (χ1) is 16.0. The van der Waals surface area contributed by atoms with Gasteiger partial charge in [0.25, 0.3) is 11.7 Å². The van der Waals surface area contributed by atoms with Crippen molar-refractivity contribution in [3.63, 3.8) is 0 Å². The average molecular weight is 452 g/mol. The van der Waals surface area contributed by atoms with Crippen molar-refractivity contribution in [1.82, 2.24) is 4.90 Å². The number of hydrogen-bond acceptors (Lipinski definition) is 6. The second-order valence-corrected chi connectivity index (χ2v) is 8.23. The number of benzene rings is 2. The Kier molecular flexibility index (Phi) is 6.99. The lowest BCUT2D eigenvalue weighted by atomic mass is 9.95. The molecule has 0 bridgehead atoms. The predicted octanol–water partition coefficient (Wildman–Crippen LogP) is 4.08. The van der Waals surface area contributed by atoms with Crippen LogP contribution >= 0.6 is 0 Å². The number of aliphatic hydroxyl groups is 1. The molecule has 2 aliphatic rings. The minimum Gasteiger partial charge on any atom is -0.507 e. The lowest BCUT2D eigenvalue weighted by Gasteiger charge is -2.27. The van der Waals surface area contributed by atoms with Gasteiger partial charge in [-0.3, -0.25) is 9.59 Å². The molecular weight excluding hydrogens is 422 g/mol. The SMILES string of the molecule is CCCOc1ccc(C2/C(=C(/O)c3ccc(OC)cc3)C(=O)C(=O)N2CC2CCCO2)cc1. The summed E-state index contributed by atoms with van der Waals surface area (Å²) in [7, 11) is 1.55. The number of methoxy groups -OCH3 is 1. The maximum absolute atomic E-state index is 13.1. The predicted molar refractivity (Wildman–Crippen MR) is 123 cm³/mol. The van der Waals surface area contributed by atoms with Gasteiger partial charge in [-0.15, -0.1) is 0 Å². The first kappa shape index (κ1) is 22.9. The number of amides is 1. The maximum atomic E-state index is 13.1. The number of aliphatic hydroxyl groups excluding tert-OH is 1. The molecular formula is C26H29NO6. The van der Waals surface area contributed by atoms with E-state index in [-0.39, 0.29) is 17.4 Å². The Hall–Kier alpha value is -3.32. The highest BCUT2D eigenvalue weighted by atomic mass is 16.5. The molecule has 0 radical (unpaired) electrons. The summed E-state index contributed by atoms with van der Waals surface area (Å²) in [5, 5.41) is 11.1. The molecule has 174 valence electrons. The first-order valence-electron chi connectivity index (χ1n) is 11.3. The van der Waals surface area contributed by atoms with Gasteiger partial charge in [-0.2, -0.15) is 0 Å². The number of rotatable bonds is 8. The van der Waals surface area contributed by atoms with Crippen molar-refractivity contribution in [1.29, 1.82) is 0 Å². The van der Waals surface area contributed by atoms with Crippen LogP contribution in [0.5, 0.6) is 11.5 Å². The number of ketones is 1. The molecule has 4 rings (SSSR count). The van der Waals surface area contributed by atoms with Gasteiger partial charge in [-0.05, 0) is 61.2 Å². The van der Waals surface area contributed by atoms with E-state index in [0.29, 0.717) is 36.8 Å². The summed E-state index contributed by atoms with van der Waals surface area (Å²) in [6.07, 6.45) is 2.52. The van der Waals surface area contributed by atoms with Crippen LogP contribution in [0.15, 0.2) is 54.1 Å². The smallest absolute Gasteiger partial charge is 0.295 e. The van der Waals surface area contributed by atoms with Crippen LogP contribution in [0.25, 0.3) is 5.76 Å². The van der Waals surface area contributed by atoms with Crippen LogP contribution in [-0.4, -0.2) is 54.7 Å². The average Bonchev–Trinajstić information content (AvgIpc) is 3.45. The van der Waals surface area contributed by atoms with Crippen molar-refractivity contribution in [3.05, 3.63) is 65.2 Å². The molecule has 2 aromatic carbocycles. The highest BCUT2D eigenvalue weighted by Crippen LogP contribution is 2.40. The van der Waals surface area contributed by atoms with Crippen LogP contribution in [0.3, 0.4) is 0 Å². The van der Waals surface area contributed by atoms with Gasteiger partial charge in [-0.1, -0.05) is 19.1 Å². The number of carbonyl (C=O) groups is 2. The molecule has 0 spiro atoms. The molecule has 7 heteroatoms. The zero-order valence-corrected chi connectivity index (χ0v) is 19.0. The Bertz CT molecular complexity index is 1020. The number of nitrogens with zero attached hydrogens (tertiary/aromatic N) is 1. The van der Waals surface area contributed by atoms with Crippen molar-refractivity contribution in [2.75, 3.05) is 26.9 Å². The van der Waals surface area contributed by atoms with Crippen molar-refractivity contribution in [3.8, 4) is 11.5 Å². The Labute approximate surface area is 193 Å². The summed E-state index contributed by atoms with van der Waals surface area (Å²) in [6, 6.07) is 13.3. The topological polar surface area (TPSA) is 85.3 Å². The summed E-state index contributed by atoms with van der Waals surface area (Å²) in [4.78, 5) is 27.7. The fraction of sp³-hybridized carbons (Fsp3) is 0.385. The number of likely N-dealkylation sites (tertiary alicyclic amines) is 1. The summed E-state index contributed by atoms with van der Waals surface area (Å²) < 4.78 is 16.6. The lowest BCUT2D eigenvalue weighted by Crippen LogP contribution is -2.36. The molecule has 2 unspecified atom stereocenters. The Morgan fingerprint density at radius 2 is 1.79 bits per heavy atom. The largest absolute Gasteiger partial charge is 0.507 e. The fourth-order valence-electron chi connectivity index (χ4n) is 4.29. The Balaban J connectivity index is 1.75. The molecule has 1 amide bonds. The molecule has 2 aliphatic heterocycles. The molecule has 0 saturated carbocycles. The standard InChI is InChI=1S/C26H29NO6/c1-3-14-32-20-12-6-17(7-13-20)23-22(24(28)18-8-10-19(31-2)11-9-18)25(29)26(30)27(23)16-21-5-4-15-33-21/h6-13,21,23,28H,3-5,14-16H2,1-2H3/b24-22-. The molecule has 0 aliphatic carbocycles. The normalized spacial score (nSPS) is 22.1. The van der Waals surface area contributed by atoms with Gasteiger partial charge in [0.1, 0.15) is 17.3 Å². The van der Waals surface area contributed by atoms with Gasteiger partial charge in [0, 0.05) is 18.7 Å². The number of Topliss-reactive ketones (excluding diaryl/α,β-unsaturated/α-hetero) is 1. The van der Waals surface area contributed by atoms with Crippen molar-refractivity contribution in [2.45, 2.75) is 38.3 Å². The van der Waals surface area contributed by atoms with Crippen molar-refractivity contribution in [2.24, 2.45) is 0 Å². The zero-order valence-electron chi connectivity index (χ0n) is 19.0. The number of ether oxygens (including phenoxy) is 3. The molecule has 2 heterocycles. The molecule has 33 heavy (non-hydrogen) atoms. The Morgan fingerprint density at radius 1 is 1.09 bits per heavy atom. The summed E-state index contributed by atoms with van der Waals surface area (Å²) in [5.74, 6) is -0.187. The van der Waals surface area contributed by atoms with Crippen LogP contribution in [0, 0.1) is 0 Å². The van der Waals surface area contributed by atoms with Crippen LogP contribution < -0.4 is 9.47 Å². The summed E-state index contributed by atoms with van der Waals surface area (Å²) in [6.45, 7) is 3.58. The van der Waals surface area contributed by atoms with Gasteiger partial charge >= 0.3 is 0 Å². The van der Waals surface area contributed by atoms with Gasteiger partial charge in [-0.25, -0.2) is 0 Å². The molecule has 0 aromatic heterocycles. The third-order valence-electron chi connectivity index (χ3n) is 6.00. The van der Waals surface area contributed by atoms with Gasteiger partial charge in [0.2, 0.25) is 0 Å². The quantitative estimate of drug-likeness (QED) is 0.370. The highest BCUT2D eigenvalue weighted by molar-refractivity contribution is 6.46.